The number of nitrogens with one attached hydrogen (secondary N) is 1. The van der Waals surface area contributed by atoms with E-state index in [2.05, 4.69) is 42.1 Å². The van der Waals surface area contributed by atoms with Gasteiger partial charge in [0.15, 0.2) is 11.6 Å². The lowest BCUT2D eigenvalue weighted by Crippen LogP contribution is -2.26. The van der Waals surface area contributed by atoms with E-state index in [9.17, 15) is 17.6 Å². The summed E-state index contributed by atoms with van der Waals surface area (Å²) in [6, 6.07) is 5.29. The molecule has 3 aliphatic heterocycles. The lowest BCUT2D eigenvalue weighted by molar-refractivity contribution is 0.0883. The van der Waals surface area contributed by atoms with Crippen molar-refractivity contribution in [2.75, 3.05) is 38.5 Å². The first-order valence-corrected chi connectivity index (χ1v) is 13.5. The quantitative estimate of drug-likeness (QED) is 0.349. The van der Waals surface area contributed by atoms with E-state index in [0.717, 1.165) is 62.4 Å². The second kappa shape index (κ2) is 9.77. The van der Waals surface area contributed by atoms with Crippen molar-refractivity contribution in [1.29, 1.82) is 0 Å². The zero-order valence-corrected chi connectivity index (χ0v) is 21.9. The van der Waals surface area contributed by atoms with Crippen molar-refractivity contribution in [3.05, 3.63) is 59.7 Å². The maximum atomic E-state index is 15.0. The molecular formula is C28H28F4N8. The van der Waals surface area contributed by atoms with E-state index in [1.807, 2.05) is 12.1 Å². The molecule has 0 radical (unpaired) electrons. The summed E-state index contributed by atoms with van der Waals surface area (Å²) in [4.78, 5) is 21.8. The maximum absolute atomic E-state index is 15.0. The monoisotopic (exact) mass is 552 g/mol. The van der Waals surface area contributed by atoms with Gasteiger partial charge in [0.05, 0.1) is 17.8 Å². The van der Waals surface area contributed by atoms with Crippen LogP contribution in [-0.2, 0) is 13.0 Å². The van der Waals surface area contributed by atoms with E-state index >= 15 is 0 Å². The number of likely N-dealkylation sites (tertiary alicyclic amines) is 2. The van der Waals surface area contributed by atoms with E-state index in [0.29, 0.717) is 18.1 Å². The van der Waals surface area contributed by atoms with Crippen molar-refractivity contribution in [1.82, 2.24) is 34.3 Å². The van der Waals surface area contributed by atoms with Gasteiger partial charge >= 0.3 is 0 Å². The molecule has 0 amide bonds. The number of aryl methyl sites for hydroxylation is 1. The van der Waals surface area contributed by atoms with Crippen LogP contribution in [-0.4, -0.2) is 74.0 Å². The largest absolute Gasteiger partial charge is 0.319 e. The number of alkyl halides is 2. The van der Waals surface area contributed by atoms with Crippen LogP contribution in [0.1, 0.15) is 23.9 Å². The summed E-state index contributed by atoms with van der Waals surface area (Å²) in [5.74, 6) is 0.948. The maximum Gasteiger partial charge on any atom is 0.259 e. The number of hydrogen-bond donors (Lipinski definition) is 1. The van der Waals surface area contributed by atoms with Gasteiger partial charge in [0, 0.05) is 50.9 Å². The first-order valence-electron chi connectivity index (χ1n) is 13.5. The standard InChI is InChI=1S/C28H28F4N8/c1-38-11-17-13-39(14-18(17)12-38)10-15-2-4-23(33-8-15)35-28-34-9-20(30)25(37-28)16-6-19(29)26-22(7-16)40-21(27(31)32)3-5-24(40)36-26/h2,4,6-9,17-18,21,27H,3,5,10-14H2,1H3,(H,33,34,35,37)/t17?,18?,21-/m0/s1. The molecule has 7 rings (SSSR count). The zero-order valence-electron chi connectivity index (χ0n) is 21.9. The highest BCUT2D eigenvalue weighted by atomic mass is 19.3. The Kier molecular flexibility index (Phi) is 6.19. The SMILES string of the molecule is CN1CC2CN(Cc3ccc(Nc4ncc(F)c(-c5cc(F)c6nc7n(c6c5)[C@H](C(F)F)CC7)n4)nc3)CC2C1. The molecule has 40 heavy (non-hydrogen) atoms. The van der Waals surface area contributed by atoms with E-state index in [1.165, 1.54) is 10.6 Å². The predicted octanol–water partition coefficient (Wildman–Crippen LogP) is 4.66. The van der Waals surface area contributed by atoms with Crippen molar-refractivity contribution in [2.45, 2.75) is 31.9 Å². The molecule has 0 saturated carbocycles. The molecule has 3 atom stereocenters. The van der Waals surface area contributed by atoms with Gasteiger partial charge in [-0.05, 0) is 49.1 Å². The topological polar surface area (TPSA) is 75.0 Å². The van der Waals surface area contributed by atoms with E-state index < -0.39 is 24.1 Å². The molecule has 3 aromatic heterocycles. The minimum absolute atomic E-state index is 0.00863. The summed E-state index contributed by atoms with van der Waals surface area (Å²) in [5.41, 5.74) is 1.25. The molecule has 0 aliphatic carbocycles. The summed E-state index contributed by atoms with van der Waals surface area (Å²) in [6.45, 7) is 5.34. The third-order valence-corrected chi connectivity index (χ3v) is 8.34. The van der Waals surface area contributed by atoms with Gasteiger partial charge in [0.25, 0.3) is 6.43 Å². The van der Waals surface area contributed by atoms with Gasteiger partial charge in [-0.15, -0.1) is 0 Å². The zero-order chi connectivity index (χ0) is 27.5. The number of rotatable bonds is 6. The molecule has 4 aromatic rings. The lowest BCUT2D eigenvalue weighted by atomic mass is 10.0. The van der Waals surface area contributed by atoms with Gasteiger partial charge in [0.2, 0.25) is 5.95 Å². The number of aromatic nitrogens is 5. The normalized spacial score (nSPS) is 22.9. The molecule has 1 aromatic carbocycles. The molecule has 2 fully saturated rings. The molecule has 208 valence electrons. The lowest BCUT2D eigenvalue weighted by Gasteiger charge is -2.19. The Bertz CT molecular complexity index is 1560. The van der Waals surface area contributed by atoms with E-state index in [-0.39, 0.29) is 34.7 Å². The molecule has 6 heterocycles. The molecular weight excluding hydrogens is 524 g/mol. The van der Waals surface area contributed by atoms with Crippen LogP contribution < -0.4 is 5.32 Å². The number of anilines is 2. The summed E-state index contributed by atoms with van der Waals surface area (Å²) >= 11 is 0. The van der Waals surface area contributed by atoms with Crippen LogP contribution in [0, 0.1) is 23.5 Å². The number of benzene rings is 1. The van der Waals surface area contributed by atoms with Gasteiger partial charge in [-0.25, -0.2) is 37.5 Å². The Balaban J connectivity index is 1.10. The van der Waals surface area contributed by atoms with Crippen molar-refractivity contribution >= 4 is 22.8 Å². The number of imidazole rings is 1. The highest BCUT2D eigenvalue weighted by Crippen LogP contribution is 2.37. The van der Waals surface area contributed by atoms with Crippen molar-refractivity contribution in [2.24, 2.45) is 11.8 Å². The first-order chi connectivity index (χ1) is 19.3. The van der Waals surface area contributed by atoms with Crippen LogP contribution in [0.25, 0.3) is 22.3 Å². The van der Waals surface area contributed by atoms with E-state index in [4.69, 9.17) is 0 Å². The molecule has 0 bridgehead atoms. The Morgan fingerprint density at radius 3 is 2.50 bits per heavy atom. The Morgan fingerprint density at radius 1 is 0.975 bits per heavy atom. The summed E-state index contributed by atoms with van der Waals surface area (Å²) in [6.07, 6.45) is 0.728. The van der Waals surface area contributed by atoms with Crippen molar-refractivity contribution in [3.63, 3.8) is 0 Å². The fraction of sp³-hybridized carbons (Fsp3) is 0.429. The first kappa shape index (κ1) is 25.3. The smallest absolute Gasteiger partial charge is 0.259 e. The molecule has 2 saturated heterocycles. The number of halogens is 4. The van der Waals surface area contributed by atoms with Crippen LogP contribution in [0.2, 0.25) is 0 Å². The van der Waals surface area contributed by atoms with Gasteiger partial charge in [-0.1, -0.05) is 6.07 Å². The highest BCUT2D eigenvalue weighted by molar-refractivity contribution is 5.83. The summed E-state index contributed by atoms with van der Waals surface area (Å²) < 4.78 is 58.4. The molecule has 2 unspecified atom stereocenters. The average Bonchev–Trinajstić information content (AvgIpc) is 3.66. The fourth-order valence-corrected chi connectivity index (χ4v) is 6.58. The molecule has 12 heteroatoms. The van der Waals surface area contributed by atoms with Crippen LogP contribution in [0.4, 0.5) is 29.3 Å². The average molecular weight is 553 g/mol. The molecule has 3 aliphatic rings. The molecule has 8 nitrogen and oxygen atoms in total. The Labute approximate surface area is 228 Å². The minimum atomic E-state index is -2.62. The van der Waals surface area contributed by atoms with Gasteiger partial charge in [-0.2, -0.15) is 0 Å². The van der Waals surface area contributed by atoms with Crippen LogP contribution in [0.5, 0.6) is 0 Å². The number of hydrogen-bond acceptors (Lipinski definition) is 7. The Morgan fingerprint density at radius 2 is 1.77 bits per heavy atom. The number of fused-ring (bicyclic) bond motifs is 4. The van der Waals surface area contributed by atoms with Crippen LogP contribution in [0.15, 0.2) is 36.7 Å². The third kappa shape index (κ3) is 4.48. The van der Waals surface area contributed by atoms with E-state index in [1.54, 1.807) is 6.20 Å². The third-order valence-electron chi connectivity index (χ3n) is 8.34. The van der Waals surface area contributed by atoms with Gasteiger partial charge in [-0.3, -0.25) is 4.90 Å². The second-order valence-electron chi connectivity index (χ2n) is 11.2. The van der Waals surface area contributed by atoms with Crippen molar-refractivity contribution < 1.29 is 17.6 Å². The number of pyridine rings is 1. The predicted molar refractivity (Wildman–Crippen MR) is 141 cm³/mol. The Hall–Kier alpha value is -3.64. The van der Waals surface area contributed by atoms with Gasteiger partial charge < -0.3 is 14.8 Å². The summed E-state index contributed by atoms with van der Waals surface area (Å²) in [7, 11) is 2.18. The van der Waals surface area contributed by atoms with Crippen LogP contribution in [0.3, 0.4) is 0 Å². The van der Waals surface area contributed by atoms with Crippen molar-refractivity contribution in [3.8, 4) is 11.3 Å². The second-order valence-corrected chi connectivity index (χ2v) is 11.2. The molecule has 1 N–H and O–H groups in total. The molecule has 0 spiro atoms. The fourth-order valence-electron chi connectivity index (χ4n) is 6.58. The number of nitrogens with zero attached hydrogens (tertiary/aromatic N) is 7. The van der Waals surface area contributed by atoms with Gasteiger partial charge in [0.1, 0.15) is 22.9 Å². The van der Waals surface area contributed by atoms with Crippen LogP contribution >= 0.6 is 0 Å². The minimum Gasteiger partial charge on any atom is -0.319 e. The highest BCUT2D eigenvalue weighted by Gasteiger charge is 2.38. The summed E-state index contributed by atoms with van der Waals surface area (Å²) in [5, 5.41) is 2.98.